The van der Waals surface area contributed by atoms with Crippen LogP contribution in [0, 0.1) is 0 Å². The zero-order valence-corrected chi connectivity index (χ0v) is 11.8. The molecule has 90 valence electrons. The largest absolute Gasteiger partial charge is 0.383 e. The van der Waals surface area contributed by atoms with Gasteiger partial charge in [0.15, 0.2) is 0 Å². The van der Waals surface area contributed by atoms with Gasteiger partial charge in [-0.1, -0.05) is 6.92 Å². The number of nitrogens with two attached hydrogens (primary N) is 1. The number of hydrogen-bond donors (Lipinski definition) is 2. The lowest BCUT2D eigenvalue weighted by Gasteiger charge is -2.10. The van der Waals surface area contributed by atoms with Crippen LogP contribution in [0.5, 0.6) is 0 Å². The number of nitrogens with zero attached hydrogens (tertiary/aromatic N) is 2. The number of halogens is 1. The van der Waals surface area contributed by atoms with Gasteiger partial charge in [-0.05, 0) is 33.8 Å². The summed E-state index contributed by atoms with van der Waals surface area (Å²) >= 11 is 5.21. The fraction of sp³-hybridized carbons (Fsp3) is 0.273. The summed E-state index contributed by atoms with van der Waals surface area (Å²) in [6.45, 7) is 2.78. The molecule has 3 N–H and O–H groups in total. The molecule has 2 aromatic rings. The first-order chi connectivity index (χ1) is 8.22. The van der Waals surface area contributed by atoms with E-state index in [0.29, 0.717) is 5.82 Å². The highest BCUT2D eigenvalue weighted by atomic mass is 79.9. The number of hydrogen-bond acceptors (Lipinski definition) is 5. The average Bonchev–Trinajstić information content (AvgIpc) is 2.72. The molecule has 0 aromatic carbocycles. The molecule has 0 aliphatic heterocycles. The van der Waals surface area contributed by atoms with Crippen LogP contribution < -0.4 is 11.1 Å². The van der Waals surface area contributed by atoms with Gasteiger partial charge in [-0.2, -0.15) is 0 Å². The van der Waals surface area contributed by atoms with Gasteiger partial charge in [-0.3, -0.25) is 0 Å². The van der Waals surface area contributed by atoms with E-state index in [0.717, 1.165) is 28.8 Å². The lowest BCUT2D eigenvalue weighted by atomic mass is 10.2. The Balaban J connectivity index is 2.14. The maximum Gasteiger partial charge on any atom is 0.134 e. The van der Waals surface area contributed by atoms with Crippen LogP contribution in [0.15, 0.2) is 22.2 Å². The van der Waals surface area contributed by atoms with E-state index in [1.807, 2.05) is 13.0 Å². The Hall–Kier alpha value is -1.14. The third kappa shape index (κ3) is 2.76. The van der Waals surface area contributed by atoms with Crippen LogP contribution in [0.2, 0.25) is 0 Å². The van der Waals surface area contributed by atoms with Gasteiger partial charge in [0.05, 0.1) is 6.54 Å². The molecule has 2 aromatic heterocycles. The van der Waals surface area contributed by atoms with Gasteiger partial charge in [0, 0.05) is 14.9 Å². The van der Waals surface area contributed by atoms with Crippen molar-refractivity contribution in [3.8, 4) is 0 Å². The molecule has 0 radical (unpaired) electrons. The van der Waals surface area contributed by atoms with Crippen LogP contribution in [0.3, 0.4) is 0 Å². The minimum absolute atomic E-state index is 0.551. The molecule has 2 heterocycles. The second-order valence-electron chi connectivity index (χ2n) is 3.48. The summed E-state index contributed by atoms with van der Waals surface area (Å²) in [6.07, 6.45) is 2.31. The van der Waals surface area contributed by atoms with Gasteiger partial charge in [0.1, 0.15) is 18.0 Å². The molecular weight excluding hydrogens is 300 g/mol. The van der Waals surface area contributed by atoms with Crippen molar-refractivity contribution < 1.29 is 0 Å². The monoisotopic (exact) mass is 312 g/mol. The van der Waals surface area contributed by atoms with Crippen LogP contribution in [0.1, 0.15) is 17.4 Å². The number of rotatable bonds is 4. The highest BCUT2D eigenvalue weighted by Gasteiger charge is 2.08. The first kappa shape index (κ1) is 12.3. The van der Waals surface area contributed by atoms with E-state index in [1.54, 1.807) is 11.3 Å². The van der Waals surface area contributed by atoms with Crippen LogP contribution in [-0.2, 0) is 13.0 Å². The Morgan fingerprint density at radius 2 is 2.29 bits per heavy atom. The van der Waals surface area contributed by atoms with Crippen molar-refractivity contribution in [2.24, 2.45) is 0 Å². The first-order valence-corrected chi connectivity index (χ1v) is 6.94. The molecule has 0 amide bonds. The molecule has 0 aliphatic rings. The third-order valence-corrected chi connectivity index (χ3v) is 4.37. The van der Waals surface area contributed by atoms with E-state index in [-0.39, 0.29) is 0 Å². The fourth-order valence-electron chi connectivity index (χ4n) is 1.54. The van der Waals surface area contributed by atoms with Gasteiger partial charge in [-0.25, -0.2) is 9.97 Å². The van der Waals surface area contributed by atoms with Gasteiger partial charge < -0.3 is 11.1 Å². The maximum atomic E-state index is 5.81. The quantitative estimate of drug-likeness (QED) is 0.910. The van der Waals surface area contributed by atoms with E-state index in [9.17, 15) is 0 Å². The van der Waals surface area contributed by atoms with E-state index in [1.165, 1.54) is 11.2 Å². The average molecular weight is 313 g/mol. The van der Waals surface area contributed by atoms with Gasteiger partial charge >= 0.3 is 0 Å². The Kier molecular flexibility index (Phi) is 3.96. The molecule has 0 aliphatic carbocycles. The maximum absolute atomic E-state index is 5.81. The van der Waals surface area contributed by atoms with Crippen molar-refractivity contribution in [2.45, 2.75) is 19.9 Å². The normalized spacial score (nSPS) is 10.5. The number of anilines is 2. The molecule has 0 saturated heterocycles. The molecule has 17 heavy (non-hydrogen) atoms. The second-order valence-corrected chi connectivity index (χ2v) is 5.34. The molecule has 0 atom stereocenters. The molecule has 0 bridgehead atoms. The van der Waals surface area contributed by atoms with Gasteiger partial charge in [0.2, 0.25) is 0 Å². The van der Waals surface area contributed by atoms with E-state index < -0.39 is 0 Å². The van der Waals surface area contributed by atoms with E-state index in [4.69, 9.17) is 5.73 Å². The second kappa shape index (κ2) is 5.46. The topological polar surface area (TPSA) is 63.8 Å². The van der Waals surface area contributed by atoms with Crippen LogP contribution in [0.25, 0.3) is 0 Å². The van der Waals surface area contributed by atoms with Crippen LogP contribution >= 0.6 is 27.3 Å². The van der Waals surface area contributed by atoms with E-state index >= 15 is 0 Å². The van der Waals surface area contributed by atoms with Gasteiger partial charge in [-0.15, -0.1) is 11.3 Å². The lowest BCUT2D eigenvalue weighted by Crippen LogP contribution is -2.07. The third-order valence-electron chi connectivity index (χ3n) is 2.44. The number of thiophene rings is 1. The number of nitrogen functional groups attached to an aromatic ring is 1. The summed E-state index contributed by atoms with van der Waals surface area (Å²) in [5, 5.41) is 5.35. The van der Waals surface area contributed by atoms with E-state index in [2.05, 4.69) is 36.6 Å². The Morgan fingerprint density at radius 1 is 1.47 bits per heavy atom. The predicted molar refractivity (Wildman–Crippen MR) is 75.2 cm³/mol. The first-order valence-electron chi connectivity index (χ1n) is 5.27. The molecule has 0 fully saturated rings. The Labute approximate surface area is 112 Å². The zero-order valence-electron chi connectivity index (χ0n) is 9.40. The summed E-state index contributed by atoms with van der Waals surface area (Å²) < 4.78 is 1.12. The highest BCUT2D eigenvalue weighted by molar-refractivity contribution is 9.10. The Morgan fingerprint density at radius 3 is 2.94 bits per heavy atom. The SMILES string of the molecule is CCc1c(N)ncnc1NCc1sccc1Br. The molecule has 0 unspecified atom stereocenters. The highest BCUT2D eigenvalue weighted by Crippen LogP contribution is 2.24. The molecule has 2 rings (SSSR count). The Bertz CT molecular complexity index is 512. The molecular formula is C11H13BrN4S. The van der Waals surface area contributed by atoms with Gasteiger partial charge in [0.25, 0.3) is 0 Å². The summed E-state index contributed by atoms with van der Waals surface area (Å²) in [7, 11) is 0. The van der Waals surface area contributed by atoms with Crippen molar-refractivity contribution in [1.29, 1.82) is 0 Å². The van der Waals surface area contributed by atoms with Crippen molar-refractivity contribution in [2.75, 3.05) is 11.1 Å². The lowest BCUT2D eigenvalue weighted by molar-refractivity contribution is 1.02. The van der Waals surface area contributed by atoms with Crippen molar-refractivity contribution in [3.63, 3.8) is 0 Å². The smallest absolute Gasteiger partial charge is 0.134 e. The molecule has 0 saturated carbocycles. The summed E-state index contributed by atoms with van der Waals surface area (Å²) in [4.78, 5) is 9.46. The van der Waals surface area contributed by atoms with Crippen LogP contribution in [-0.4, -0.2) is 9.97 Å². The van der Waals surface area contributed by atoms with Crippen molar-refractivity contribution in [1.82, 2.24) is 9.97 Å². The fourth-order valence-corrected chi connectivity index (χ4v) is 2.97. The molecule has 0 spiro atoms. The van der Waals surface area contributed by atoms with Crippen molar-refractivity contribution in [3.05, 3.63) is 32.7 Å². The zero-order chi connectivity index (χ0) is 12.3. The summed E-state index contributed by atoms with van der Waals surface area (Å²) in [6, 6.07) is 2.04. The summed E-state index contributed by atoms with van der Waals surface area (Å²) in [5.74, 6) is 1.37. The minimum Gasteiger partial charge on any atom is -0.383 e. The number of aromatic nitrogens is 2. The predicted octanol–water partition coefficient (Wildman–Crippen LogP) is 3.06. The molecule has 4 nitrogen and oxygen atoms in total. The number of nitrogens with one attached hydrogen (secondary N) is 1. The standard InChI is InChI=1S/C11H13BrN4S/c1-2-7-10(13)15-6-16-11(7)14-5-9-8(12)3-4-17-9/h3-4,6H,2,5H2,1H3,(H3,13,14,15,16). The van der Waals surface area contributed by atoms with Crippen molar-refractivity contribution >= 4 is 38.9 Å². The molecule has 6 heteroatoms. The van der Waals surface area contributed by atoms with Crippen LogP contribution in [0.4, 0.5) is 11.6 Å². The summed E-state index contributed by atoms with van der Waals surface area (Å²) in [5.41, 5.74) is 6.79. The minimum atomic E-state index is 0.551.